The Labute approximate surface area is 84.6 Å². The highest BCUT2D eigenvalue weighted by molar-refractivity contribution is 5.56. The SMILES string of the molecule is C=Cc1c(C)ccnc1C1(OC)CC1. The van der Waals surface area contributed by atoms with Gasteiger partial charge in [-0.2, -0.15) is 0 Å². The van der Waals surface area contributed by atoms with E-state index in [1.165, 1.54) is 5.56 Å². The smallest absolute Gasteiger partial charge is 0.110 e. The first-order valence-electron chi connectivity index (χ1n) is 4.87. The zero-order chi connectivity index (χ0) is 10.2. The normalized spacial score (nSPS) is 17.9. The van der Waals surface area contributed by atoms with Gasteiger partial charge in [-0.3, -0.25) is 4.98 Å². The van der Waals surface area contributed by atoms with Crippen LogP contribution >= 0.6 is 0 Å². The number of pyridine rings is 1. The lowest BCUT2D eigenvalue weighted by atomic mass is 10.0. The monoisotopic (exact) mass is 189 g/mol. The van der Waals surface area contributed by atoms with Crippen molar-refractivity contribution < 1.29 is 4.74 Å². The van der Waals surface area contributed by atoms with E-state index in [-0.39, 0.29) is 5.60 Å². The summed E-state index contributed by atoms with van der Waals surface area (Å²) in [5.74, 6) is 0. The molecule has 0 bridgehead atoms. The van der Waals surface area contributed by atoms with Crippen LogP contribution in [0.15, 0.2) is 18.8 Å². The van der Waals surface area contributed by atoms with Gasteiger partial charge in [-0.25, -0.2) is 0 Å². The lowest BCUT2D eigenvalue weighted by molar-refractivity contribution is 0.0749. The number of aryl methyl sites for hydroxylation is 1. The van der Waals surface area contributed by atoms with Gasteiger partial charge in [-0.1, -0.05) is 12.7 Å². The van der Waals surface area contributed by atoms with Crippen LogP contribution < -0.4 is 0 Å². The van der Waals surface area contributed by atoms with Crippen molar-refractivity contribution in [2.24, 2.45) is 0 Å². The summed E-state index contributed by atoms with van der Waals surface area (Å²) in [5.41, 5.74) is 3.28. The van der Waals surface area contributed by atoms with Gasteiger partial charge in [0.1, 0.15) is 5.60 Å². The predicted octanol–water partition coefficient (Wildman–Crippen LogP) is 2.67. The summed E-state index contributed by atoms with van der Waals surface area (Å²) in [6.07, 6.45) is 5.86. The van der Waals surface area contributed by atoms with Crippen molar-refractivity contribution in [3.05, 3.63) is 35.7 Å². The molecule has 0 unspecified atom stereocenters. The molecule has 0 radical (unpaired) electrons. The maximum atomic E-state index is 5.52. The van der Waals surface area contributed by atoms with Gasteiger partial charge in [0.2, 0.25) is 0 Å². The first kappa shape index (κ1) is 9.41. The highest BCUT2D eigenvalue weighted by Crippen LogP contribution is 2.49. The zero-order valence-electron chi connectivity index (χ0n) is 8.71. The largest absolute Gasteiger partial charge is 0.372 e. The van der Waals surface area contributed by atoms with Gasteiger partial charge in [-0.05, 0) is 31.4 Å². The standard InChI is InChI=1S/C12H15NO/c1-4-10-9(2)5-8-13-11(10)12(14-3)6-7-12/h4-5,8H,1,6-7H2,2-3H3. The summed E-state index contributed by atoms with van der Waals surface area (Å²) in [6, 6.07) is 2.01. The van der Waals surface area contributed by atoms with Crippen molar-refractivity contribution in [3.63, 3.8) is 0 Å². The highest BCUT2D eigenvalue weighted by Gasteiger charge is 2.47. The lowest BCUT2D eigenvalue weighted by Crippen LogP contribution is -2.13. The highest BCUT2D eigenvalue weighted by atomic mass is 16.5. The number of aromatic nitrogens is 1. The van der Waals surface area contributed by atoms with Gasteiger partial charge in [0.05, 0.1) is 5.69 Å². The fourth-order valence-corrected chi connectivity index (χ4v) is 1.84. The molecule has 1 aliphatic rings. The van der Waals surface area contributed by atoms with Crippen LogP contribution in [0.25, 0.3) is 6.08 Å². The topological polar surface area (TPSA) is 22.1 Å². The van der Waals surface area contributed by atoms with E-state index in [0.717, 1.165) is 24.1 Å². The number of nitrogens with zero attached hydrogens (tertiary/aromatic N) is 1. The van der Waals surface area contributed by atoms with Crippen LogP contribution in [0.3, 0.4) is 0 Å². The molecule has 2 heteroatoms. The number of ether oxygens (including phenoxy) is 1. The third kappa shape index (κ3) is 1.26. The molecule has 74 valence electrons. The Hall–Kier alpha value is -1.15. The fourth-order valence-electron chi connectivity index (χ4n) is 1.84. The van der Waals surface area contributed by atoms with Crippen molar-refractivity contribution in [3.8, 4) is 0 Å². The zero-order valence-corrected chi connectivity index (χ0v) is 8.71. The van der Waals surface area contributed by atoms with E-state index in [9.17, 15) is 0 Å². The molecule has 0 N–H and O–H groups in total. The van der Waals surface area contributed by atoms with E-state index >= 15 is 0 Å². The minimum atomic E-state index is -0.116. The summed E-state index contributed by atoms with van der Waals surface area (Å²) in [7, 11) is 1.75. The van der Waals surface area contributed by atoms with Crippen LogP contribution in [0.4, 0.5) is 0 Å². The van der Waals surface area contributed by atoms with Gasteiger partial charge < -0.3 is 4.74 Å². The Morgan fingerprint density at radius 3 is 2.79 bits per heavy atom. The van der Waals surface area contributed by atoms with Crippen molar-refractivity contribution in [2.75, 3.05) is 7.11 Å². The molecular weight excluding hydrogens is 174 g/mol. The fraction of sp³-hybridized carbons (Fsp3) is 0.417. The minimum Gasteiger partial charge on any atom is -0.372 e. The van der Waals surface area contributed by atoms with Crippen molar-refractivity contribution >= 4 is 6.08 Å². The Balaban J connectivity index is 2.52. The molecule has 0 atom stereocenters. The molecule has 1 aromatic heterocycles. The third-order valence-electron chi connectivity index (χ3n) is 2.94. The van der Waals surface area contributed by atoms with Crippen molar-refractivity contribution in [1.29, 1.82) is 0 Å². The maximum absolute atomic E-state index is 5.52. The molecule has 2 nitrogen and oxygen atoms in total. The Morgan fingerprint density at radius 1 is 1.57 bits per heavy atom. The molecule has 1 aliphatic carbocycles. The van der Waals surface area contributed by atoms with E-state index < -0.39 is 0 Å². The van der Waals surface area contributed by atoms with Crippen molar-refractivity contribution in [2.45, 2.75) is 25.4 Å². The van der Waals surface area contributed by atoms with E-state index in [2.05, 4.69) is 18.5 Å². The molecule has 14 heavy (non-hydrogen) atoms. The second-order valence-electron chi connectivity index (χ2n) is 3.79. The van der Waals surface area contributed by atoms with Crippen LogP contribution in [0, 0.1) is 6.92 Å². The van der Waals surface area contributed by atoms with Gasteiger partial charge in [0, 0.05) is 18.9 Å². The van der Waals surface area contributed by atoms with Crippen LogP contribution in [0.1, 0.15) is 29.7 Å². The maximum Gasteiger partial charge on any atom is 0.110 e. The Morgan fingerprint density at radius 2 is 2.29 bits per heavy atom. The van der Waals surface area contributed by atoms with Crippen LogP contribution in [-0.2, 0) is 10.3 Å². The molecule has 1 fully saturated rings. The summed E-state index contributed by atoms with van der Waals surface area (Å²) in [4.78, 5) is 4.42. The molecule has 1 heterocycles. The van der Waals surface area contributed by atoms with E-state index in [0.29, 0.717) is 0 Å². The Bertz CT molecular complexity index is 367. The van der Waals surface area contributed by atoms with Gasteiger partial charge in [0.25, 0.3) is 0 Å². The van der Waals surface area contributed by atoms with E-state index in [1.54, 1.807) is 7.11 Å². The molecule has 0 saturated heterocycles. The van der Waals surface area contributed by atoms with Gasteiger partial charge >= 0.3 is 0 Å². The van der Waals surface area contributed by atoms with E-state index in [1.807, 2.05) is 18.3 Å². The summed E-state index contributed by atoms with van der Waals surface area (Å²) < 4.78 is 5.52. The Kier molecular flexibility index (Phi) is 2.16. The van der Waals surface area contributed by atoms with Gasteiger partial charge in [0.15, 0.2) is 0 Å². The minimum absolute atomic E-state index is 0.116. The molecule has 2 rings (SSSR count). The molecule has 0 aromatic carbocycles. The average Bonchev–Trinajstić information content (AvgIpc) is 2.98. The number of methoxy groups -OCH3 is 1. The lowest BCUT2D eigenvalue weighted by Gasteiger charge is -2.16. The number of hydrogen-bond acceptors (Lipinski definition) is 2. The average molecular weight is 189 g/mol. The summed E-state index contributed by atoms with van der Waals surface area (Å²) in [5, 5.41) is 0. The summed E-state index contributed by atoms with van der Waals surface area (Å²) >= 11 is 0. The number of rotatable bonds is 3. The summed E-state index contributed by atoms with van der Waals surface area (Å²) in [6.45, 7) is 5.91. The van der Waals surface area contributed by atoms with Crippen LogP contribution in [-0.4, -0.2) is 12.1 Å². The van der Waals surface area contributed by atoms with E-state index in [4.69, 9.17) is 4.74 Å². The van der Waals surface area contributed by atoms with Crippen LogP contribution in [0.5, 0.6) is 0 Å². The molecule has 0 aliphatic heterocycles. The van der Waals surface area contributed by atoms with Gasteiger partial charge in [-0.15, -0.1) is 0 Å². The first-order valence-corrected chi connectivity index (χ1v) is 4.87. The van der Waals surface area contributed by atoms with Crippen molar-refractivity contribution in [1.82, 2.24) is 4.98 Å². The predicted molar refractivity (Wildman–Crippen MR) is 57.0 cm³/mol. The second-order valence-corrected chi connectivity index (χ2v) is 3.79. The number of hydrogen-bond donors (Lipinski definition) is 0. The molecule has 0 spiro atoms. The third-order valence-corrected chi connectivity index (χ3v) is 2.94. The molecule has 0 amide bonds. The molecule has 1 saturated carbocycles. The second kappa shape index (κ2) is 3.21. The first-order chi connectivity index (χ1) is 6.73. The quantitative estimate of drug-likeness (QED) is 0.729. The molecule has 1 aromatic rings. The van der Waals surface area contributed by atoms with Crippen LogP contribution in [0.2, 0.25) is 0 Å². The molecular formula is C12H15NO.